The minimum absolute atomic E-state index is 0.166. The van der Waals surface area contributed by atoms with Crippen molar-refractivity contribution in [2.24, 2.45) is 5.41 Å². The maximum Gasteiger partial charge on any atom is 0.324 e. The van der Waals surface area contributed by atoms with Crippen molar-refractivity contribution in [2.45, 2.75) is 46.0 Å². The van der Waals surface area contributed by atoms with Gasteiger partial charge in [-0.25, -0.2) is 4.79 Å². The minimum Gasteiger partial charge on any atom is -0.481 e. The fourth-order valence-electron chi connectivity index (χ4n) is 2.11. The van der Waals surface area contributed by atoms with E-state index in [1.165, 1.54) is 0 Å². The molecule has 0 spiro atoms. The van der Waals surface area contributed by atoms with Crippen LogP contribution in [0.1, 0.15) is 46.0 Å². The summed E-state index contributed by atoms with van der Waals surface area (Å²) in [5.74, 6) is -1.57. The molecular formula is C13H22N2O4. The highest BCUT2D eigenvalue weighted by Gasteiger charge is 2.26. The number of carbonyl (C=O) groups excluding carboxylic acids is 2. The van der Waals surface area contributed by atoms with Crippen molar-refractivity contribution in [1.82, 2.24) is 10.2 Å². The summed E-state index contributed by atoms with van der Waals surface area (Å²) in [6.07, 6.45) is 2.46. The molecule has 1 saturated heterocycles. The average molecular weight is 270 g/mol. The molecule has 1 heterocycles. The molecule has 1 rings (SSSR count). The van der Waals surface area contributed by atoms with Gasteiger partial charge in [0.15, 0.2) is 0 Å². The number of hydrogen-bond donors (Lipinski definition) is 2. The number of imide groups is 1. The Kier molecular flexibility index (Phi) is 5.32. The second kappa shape index (κ2) is 6.54. The molecule has 19 heavy (non-hydrogen) atoms. The Hall–Kier alpha value is -1.59. The van der Waals surface area contributed by atoms with Crippen molar-refractivity contribution in [2.75, 3.05) is 13.1 Å². The standard InChI is InChI=1S/C13H22N2O4/c1-13(2)6-3-8-15(9-7-13)12(19)14-10(16)4-5-11(17)18/h3-9H2,1-2H3,(H,17,18)(H,14,16,19). The summed E-state index contributed by atoms with van der Waals surface area (Å²) >= 11 is 0. The van der Waals surface area contributed by atoms with Gasteiger partial charge in [0.05, 0.1) is 6.42 Å². The Bertz CT molecular complexity index is 366. The lowest BCUT2D eigenvalue weighted by molar-refractivity contribution is -0.138. The summed E-state index contributed by atoms with van der Waals surface area (Å²) in [7, 11) is 0. The number of likely N-dealkylation sites (tertiary alicyclic amines) is 1. The Labute approximate surface area is 113 Å². The van der Waals surface area contributed by atoms with E-state index >= 15 is 0 Å². The molecule has 0 aromatic carbocycles. The number of carboxylic acids is 1. The van der Waals surface area contributed by atoms with Gasteiger partial charge in [-0.05, 0) is 24.7 Å². The number of amides is 3. The number of urea groups is 1. The van der Waals surface area contributed by atoms with E-state index in [4.69, 9.17) is 5.11 Å². The molecule has 0 aliphatic carbocycles. The first-order chi connectivity index (χ1) is 8.80. The molecule has 6 nitrogen and oxygen atoms in total. The first-order valence-electron chi connectivity index (χ1n) is 6.61. The lowest BCUT2D eigenvalue weighted by Gasteiger charge is -2.23. The highest BCUT2D eigenvalue weighted by molar-refractivity contribution is 5.95. The number of carboxylic acid groups (broad SMARTS) is 1. The third-order valence-corrected chi connectivity index (χ3v) is 3.44. The topological polar surface area (TPSA) is 86.7 Å². The van der Waals surface area contributed by atoms with Crippen LogP contribution in [0.2, 0.25) is 0 Å². The molecular weight excluding hydrogens is 248 g/mol. The molecule has 0 radical (unpaired) electrons. The van der Waals surface area contributed by atoms with Crippen molar-refractivity contribution < 1.29 is 19.5 Å². The second-order valence-electron chi connectivity index (χ2n) is 5.75. The highest BCUT2D eigenvalue weighted by atomic mass is 16.4. The average Bonchev–Trinajstić information content (AvgIpc) is 2.47. The van der Waals surface area contributed by atoms with Crippen LogP contribution >= 0.6 is 0 Å². The molecule has 108 valence electrons. The number of rotatable bonds is 3. The van der Waals surface area contributed by atoms with Crippen LogP contribution in [0.15, 0.2) is 0 Å². The minimum atomic E-state index is -1.04. The zero-order valence-corrected chi connectivity index (χ0v) is 11.6. The second-order valence-corrected chi connectivity index (χ2v) is 5.75. The van der Waals surface area contributed by atoms with Crippen molar-refractivity contribution in [3.05, 3.63) is 0 Å². The van der Waals surface area contributed by atoms with Gasteiger partial charge in [0, 0.05) is 19.5 Å². The van der Waals surface area contributed by atoms with Crippen LogP contribution in [0, 0.1) is 5.41 Å². The van der Waals surface area contributed by atoms with Gasteiger partial charge in [-0.2, -0.15) is 0 Å². The van der Waals surface area contributed by atoms with Gasteiger partial charge >= 0.3 is 12.0 Å². The van der Waals surface area contributed by atoms with Crippen LogP contribution < -0.4 is 5.32 Å². The van der Waals surface area contributed by atoms with E-state index in [9.17, 15) is 14.4 Å². The molecule has 0 saturated carbocycles. The smallest absolute Gasteiger partial charge is 0.324 e. The Morgan fingerprint density at radius 3 is 2.47 bits per heavy atom. The van der Waals surface area contributed by atoms with Crippen molar-refractivity contribution in [3.8, 4) is 0 Å². The number of aliphatic carboxylic acids is 1. The van der Waals surface area contributed by atoms with Crippen LogP contribution in [0.3, 0.4) is 0 Å². The van der Waals surface area contributed by atoms with Gasteiger partial charge in [-0.3, -0.25) is 14.9 Å². The largest absolute Gasteiger partial charge is 0.481 e. The van der Waals surface area contributed by atoms with Gasteiger partial charge in [0.25, 0.3) is 0 Å². The first kappa shape index (κ1) is 15.5. The molecule has 0 unspecified atom stereocenters. The predicted octanol–water partition coefficient (Wildman–Crippen LogP) is 1.60. The SMILES string of the molecule is CC1(C)CCCN(C(=O)NC(=O)CCC(=O)O)CC1. The monoisotopic (exact) mass is 270 g/mol. The van der Waals surface area contributed by atoms with Gasteiger partial charge in [0.2, 0.25) is 5.91 Å². The van der Waals surface area contributed by atoms with E-state index in [0.717, 1.165) is 19.3 Å². The maximum atomic E-state index is 11.9. The summed E-state index contributed by atoms with van der Waals surface area (Å²) in [6, 6.07) is -0.409. The van der Waals surface area contributed by atoms with E-state index in [1.54, 1.807) is 4.90 Å². The Balaban J connectivity index is 2.40. The van der Waals surface area contributed by atoms with E-state index in [2.05, 4.69) is 19.2 Å². The van der Waals surface area contributed by atoms with Crippen LogP contribution in [0.5, 0.6) is 0 Å². The van der Waals surface area contributed by atoms with E-state index < -0.39 is 17.9 Å². The van der Waals surface area contributed by atoms with Crippen molar-refractivity contribution >= 4 is 17.9 Å². The molecule has 6 heteroatoms. The summed E-state index contributed by atoms with van der Waals surface area (Å²) in [4.78, 5) is 35.2. The third kappa shape index (κ3) is 5.72. The van der Waals surface area contributed by atoms with Crippen molar-refractivity contribution in [1.29, 1.82) is 0 Å². The molecule has 2 N–H and O–H groups in total. The Morgan fingerprint density at radius 1 is 1.16 bits per heavy atom. The molecule has 0 aromatic rings. The molecule has 0 atom stereocenters. The summed E-state index contributed by atoms with van der Waals surface area (Å²) in [5.41, 5.74) is 0.225. The molecule has 1 aliphatic rings. The molecule has 1 aliphatic heterocycles. The zero-order valence-electron chi connectivity index (χ0n) is 11.6. The fraction of sp³-hybridized carbons (Fsp3) is 0.769. The van der Waals surface area contributed by atoms with Crippen LogP contribution in [0.25, 0.3) is 0 Å². The first-order valence-corrected chi connectivity index (χ1v) is 6.61. The summed E-state index contributed by atoms with van der Waals surface area (Å²) in [6.45, 7) is 5.62. The van der Waals surface area contributed by atoms with Gasteiger partial charge in [-0.15, -0.1) is 0 Å². The summed E-state index contributed by atoms with van der Waals surface area (Å²) in [5, 5.41) is 10.7. The molecule has 3 amide bonds. The fourth-order valence-corrected chi connectivity index (χ4v) is 2.11. The van der Waals surface area contributed by atoms with Crippen LogP contribution in [-0.2, 0) is 9.59 Å². The van der Waals surface area contributed by atoms with Gasteiger partial charge in [-0.1, -0.05) is 13.8 Å². The van der Waals surface area contributed by atoms with Gasteiger partial charge < -0.3 is 10.0 Å². The number of nitrogens with one attached hydrogen (secondary N) is 1. The number of hydrogen-bond acceptors (Lipinski definition) is 3. The number of carbonyl (C=O) groups is 3. The van der Waals surface area contributed by atoms with Crippen LogP contribution in [0.4, 0.5) is 4.79 Å². The quantitative estimate of drug-likeness (QED) is 0.815. The predicted molar refractivity (Wildman–Crippen MR) is 69.6 cm³/mol. The molecule has 0 bridgehead atoms. The van der Waals surface area contributed by atoms with Crippen molar-refractivity contribution in [3.63, 3.8) is 0 Å². The van der Waals surface area contributed by atoms with Crippen LogP contribution in [-0.4, -0.2) is 41.0 Å². The lowest BCUT2D eigenvalue weighted by Crippen LogP contribution is -2.43. The van der Waals surface area contributed by atoms with E-state index in [-0.39, 0.29) is 18.3 Å². The normalized spacial score (nSPS) is 18.5. The molecule has 0 aromatic heterocycles. The maximum absolute atomic E-state index is 11.9. The number of nitrogens with zero attached hydrogens (tertiary/aromatic N) is 1. The Morgan fingerprint density at radius 2 is 1.84 bits per heavy atom. The summed E-state index contributed by atoms with van der Waals surface area (Å²) < 4.78 is 0. The zero-order chi connectivity index (χ0) is 14.5. The lowest BCUT2D eigenvalue weighted by atomic mass is 9.85. The van der Waals surface area contributed by atoms with E-state index in [0.29, 0.717) is 13.1 Å². The highest BCUT2D eigenvalue weighted by Crippen LogP contribution is 2.29. The molecule has 1 fully saturated rings. The third-order valence-electron chi connectivity index (χ3n) is 3.44. The van der Waals surface area contributed by atoms with Gasteiger partial charge in [0.1, 0.15) is 0 Å². The van der Waals surface area contributed by atoms with E-state index in [1.807, 2.05) is 0 Å².